The number of aromatic amines is 1. The van der Waals surface area contributed by atoms with Crippen LogP contribution in [0, 0.1) is 11.7 Å². The number of H-pyrrole nitrogens is 1. The number of aromatic nitrogens is 2. The minimum absolute atomic E-state index is 0.0840. The Kier molecular flexibility index (Phi) is 13.8. The summed E-state index contributed by atoms with van der Waals surface area (Å²) >= 11 is 7.10. The molecule has 0 spiro atoms. The van der Waals surface area contributed by atoms with E-state index in [1.54, 1.807) is 38.4 Å². The van der Waals surface area contributed by atoms with E-state index in [1.165, 1.54) is 18.2 Å². The molecule has 0 bridgehead atoms. The number of hydrogen-bond acceptors (Lipinski definition) is 7. The summed E-state index contributed by atoms with van der Waals surface area (Å²) in [7, 11) is 0. The highest BCUT2D eigenvalue weighted by molar-refractivity contribution is 7.99. The number of ether oxygens (including phenoxy) is 1. The zero-order valence-corrected chi connectivity index (χ0v) is 26.8. The predicted octanol–water partition coefficient (Wildman–Crippen LogP) is 3.82. The van der Waals surface area contributed by atoms with Crippen LogP contribution >= 0.6 is 23.4 Å². The molecule has 1 heterocycles. The van der Waals surface area contributed by atoms with Gasteiger partial charge >= 0.3 is 5.97 Å². The lowest BCUT2D eigenvalue weighted by molar-refractivity contribution is -0.394. The SMILES string of the molecule is CCOc1ccc(Cc2nccc[nH+]2)cc1CC(=O)N[C@H](C(=O)N[C@@H](CC(=O)O)C(=O)CSCc1c(F)cccc1Cl)C(C)C. The van der Waals surface area contributed by atoms with Gasteiger partial charge in [-0.25, -0.2) is 9.37 Å². The number of halogens is 2. The third kappa shape index (κ3) is 11.1. The second kappa shape index (κ2) is 17.5. The molecule has 3 rings (SSSR count). The van der Waals surface area contributed by atoms with E-state index in [9.17, 15) is 28.7 Å². The molecule has 240 valence electrons. The molecular weight excluding hydrogens is 623 g/mol. The summed E-state index contributed by atoms with van der Waals surface area (Å²) in [5, 5.41) is 14.9. The zero-order valence-electron chi connectivity index (χ0n) is 25.3. The number of benzene rings is 2. The molecule has 2 atom stereocenters. The first kappa shape index (κ1) is 35.4. The first-order valence-corrected chi connectivity index (χ1v) is 15.9. The number of aliphatic carboxylic acids is 1. The number of nitrogens with one attached hydrogen (secondary N) is 3. The van der Waals surface area contributed by atoms with Crippen molar-refractivity contribution >= 4 is 46.9 Å². The van der Waals surface area contributed by atoms with Gasteiger partial charge in [0.25, 0.3) is 5.82 Å². The molecule has 0 unspecified atom stereocenters. The van der Waals surface area contributed by atoms with Crippen molar-refractivity contribution in [1.29, 1.82) is 0 Å². The van der Waals surface area contributed by atoms with E-state index < -0.39 is 47.9 Å². The van der Waals surface area contributed by atoms with E-state index in [1.807, 2.05) is 19.1 Å². The third-order valence-corrected chi connectivity index (χ3v) is 8.05. The van der Waals surface area contributed by atoms with E-state index in [0.717, 1.165) is 23.1 Å². The van der Waals surface area contributed by atoms with Crippen molar-refractivity contribution in [2.45, 2.75) is 57.9 Å². The Bertz CT molecular complexity index is 1470. The average molecular weight is 660 g/mol. The van der Waals surface area contributed by atoms with Crippen LogP contribution in [0.15, 0.2) is 54.9 Å². The van der Waals surface area contributed by atoms with Crippen LogP contribution in [0.4, 0.5) is 4.39 Å². The smallest absolute Gasteiger partial charge is 0.305 e. The van der Waals surface area contributed by atoms with E-state index in [-0.39, 0.29) is 34.4 Å². The van der Waals surface area contributed by atoms with Crippen LogP contribution in [0.3, 0.4) is 0 Å². The van der Waals surface area contributed by atoms with Crippen LogP contribution in [0.25, 0.3) is 0 Å². The van der Waals surface area contributed by atoms with Gasteiger partial charge in [-0.15, -0.1) is 11.8 Å². The van der Waals surface area contributed by atoms with Gasteiger partial charge in [-0.1, -0.05) is 48.6 Å². The van der Waals surface area contributed by atoms with Gasteiger partial charge in [0.2, 0.25) is 11.8 Å². The number of nitrogens with zero attached hydrogens (tertiary/aromatic N) is 1. The molecular formula is C32H37ClFN4O6S+. The summed E-state index contributed by atoms with van der Waals surface area (Å²) in [5.41, 5.74) is 1.75. The lowest BCUT2D eigenvalue weighted by Crippen LogP contribution is -2.54. The van der Waals surface area contributed by atoms with Gasteiger partial charge in [-0.3, -0.25) is 19.2 Å². The van der Waals surface area contributed by atoms with Crippen LogP contribution in [-0.4, -0.2) is 58.1 Å². The fraction of sp³-hybridized carbons (Fsp3) is 0.375. The molecule has 0 radical (unpaired) electrons. The largest absolute Gasteiger partial charge is 0.494 e. The second-order valence-corrected chi connectivity index (χ2v) is 12.0. The average Bonchev–Trinajstić information content (AvgIpc) is 2.98. The Morgan fingerprint density at radius 3 is 2.56 bits per heavy atom. The standard InChI is InChI=1S/C32H36ClFN4O6S/c1-4-44-27-10-9-20(14-28-35-11-6-12-36-28)13-21(27)15-29(40)38-31(19(2)3)32(43)37-25(16-30(41)42)26(39)18-45-17-22-23(33)7-5-8-24(22)34/h5-13,19,25,31H,4,14-18H2,1-3H3,(H,37,43)(H,38,40)(H,41,42)/p+1/t25-,31-/m0/s1. The Hall–Kier alpha value is -4.03. The molecule has 0 aliphatic rings. The maximum atomic E-state index is 14.1. The number of rotatable bonds is 17. The summed E-state index contributed by atoms with van der Waals surface area (Å²) in [6, 6.07) is 9.18. The normalized spacial score (nSPS) is 12.3. The van der Waals surface area contributed by atoms with Crippen LogP contribution in [0.1, 0.15) is 49.7 Å². The number of ketones is 1. The van der Waals surface area contributed by atoms with Crippen molar-refractivity contribution in [1.82, 2.24) is 15.6 Å². The van der Waals surface area contributed by atoms with Gasteiger partial charge in [0, 0.05) is 28.0 Å². The highest BCUT2D eigenvalue weighted by Gasteiger charge is 2.30. The lowest BCUT2D eigenvalue weighted by Gasteiger charge is -2.25. The summed E-state index contributed by atoms with van der Waals surface area (Å²) < 4.78 is 19.8. The summed E-state index contributed by atoms with van der Waals surface area (Å²) in [6.07, 6.45) is 3.23. The van der Waals surface area contributed by atoms with Crippen molar-refractivity contribution in [3.8, 4) is 5.75 Å². The summed E-state index contributed by atoms with van der Waals surface area (Å²) in [5.74, 6) is -2.71. The molecule has 0 aliphatic carbocycles. The number of amides is 2. The number of carboxylic acid groups (broad SMARTS) is 1. The Morgan fingerprint density at radius 2 is 1.91 bits per heavy atom. The van der Waals surface area contributed by atoms with Gasteiger partial charge in [-0.2, -0.15) is 0 Å². The monoisotopic (exact) mass is 659 g/mol. The molecule has 1 aromatic heterocycles. The molecule has 2 aromatic carbocycles. The first-order valence-electron chi connectivity index (χ1n) is 14.4. The molecule has 4 N–H and O–H groups in total. The molecule has 3 aromatic rings. The fourth-order valence-corrected chi connectivity index (χ4v) is 5.77. The third-order valence-electron chi connectivity index (χ3n) is 6.71. The van der Waals surface area contributed by atoms with Gasteiger partial charge in [0.05, 0.1) is 43.9 Å². The maximum Gasteiger partial charge on any atom is 0.305 e. The summed E-state index contributed by atoms with van der Waals surface area (Å²) in [4.78, 5) is 58.4. The van der Waals surface area contributed by atoms with Gasteiger partial charge in [-0.05, 0) is 36.6 Å². The van der Waals surface area contributed by atoms with Gasteiger partial charge in [0.15, 0.2) is 5.78 Å². The van der Waals surface area contributed by atoms with Crippen LogP contribution < -0.4 is 20.4 Å². The van der Waals surface area contributed by atoms with Crippen molar-refractivity contribution in [2.75, 3.05) is 12.4 Å². The minimum atomic E-state index is -1.35. The highest BCUT2D eigenvalue weighted by atomic mass is 35.5. The molecule has 0 fully saturated rings. The number of hydrogen-bond donors (Lipinski definition) is 3. The van der Waals surface area contributed by atoms with E-state index in [2.05, 4.69) is 20.6 Å². The highest BCUT2D eigenvalue weighted by Crippen LogP contribution is 2.25. The maximum absolute atomic E-state index is 14.1. The molecule has 0 saturated carbocycles. The molecule has 13 heteroatoms. The Morgan fingerprint density at radius 1 is 1.13 bits per heavy atom. The Labute approximate surface area is 270 Å². The van der Waals surface area contributed by atoms with Crippen LogP contribution in [0.5, 0.6) is 5.75 Å². The quantitative estimate of drug-likeness (QED) is 0.198. The molecule has 0 saturated heterocycles. The minimum Gasteiger partial charge on any atom is -0.494 e. The van der Waals surface area contributed by atoms with E-state index in [0.29, 0.717) is 24.3 Å². The van der Waals surface area contributed by atoms with E-state index in [4.69, 9.17) is 16.3 Å². The van der Waals surface area contributed by atoms with E-state index >= 15 is 0 Å². The second-order valence-electron chi connectivity index (χ2n) is 10.6. The van der Waals surface area contributed by atoms with Crippen molar-refractivity contribution in [2.24, 2.45) is 5.92 Å². The Balaban J connectivity index is 1.67. The van der Waals surface area contributed by atoms with Crippen molar-refractivity contribution in [3.05, 3.63) is 88.2 Å². The summed E-state index contributed by atoms with van der Waals surface area (Å²) in [6.45, 7) is 5.68. The van der Waals surface area contributed by atoms with Crippen LogP contribution in [-0.2, 0) is 37.8 Å². The predicted molar refractivity (Wildman–Crippen MR) is 168 cm³/mol. The number of carbonyl (C=O) groups excluding carboxylic acids is 3. The lowest BCUT2D eigenvalue weighted by atomic mass is 10.0. The fourth-order valence-electron chi connectivity index (χ4n) is 4.46. The van der Waals surface area contributed by atoms with Crippen LogP contribution in [0.2, 0.25) is 5.02 Å². The molecule has 2 amide bonds. The van der Waals surface area contributed by atoms with Gasteiger partial charge < -0.3 is 20.5 Å². The molecule has 0 aliphatic heterocycles. The molecule has 45 heavy (non-hydrogen) atoms. The number of Topliss-reactive ketones (excluding diaryl/α,β-unsaturated/α-hetero) is 1. The first-order chi connectivity index (χ1) is 21.5. The number of carboxylic acids is 1. The van der Waals surface area contributed by atoms with Crippen molar-refractivity contribution < 1.29 is 38.4 Å². The zero-order chi connectivity index (χ0) is 32.9. The van der Waals surface area contributed by atoms with Crippen molar-refractivity contribution in [3.63, 3.8) is 0 Å². The van der Waals surface area contributed by atoms with Gasteiger partial charge in [0.1, 0.15) is 23.8 Å². The number of thioether (sulfide) groups is 1. The number of carbonyl (C=O) groups is 4. The molecule has 10 nitrogen and oxygen atoms in total. The topological polar surface area (TPSA) is 149 Å².